The summed E-state index contributed by atoms with van der Waals surface area (Å²) >= 11 is 11.7. The summed E-state index contributed by atoms with van der Waals surface area (Å²) in [5.41, 5.74) is 0.692. The second kappa shape index (κ2) is 7.87. The zero-order valence-corrected chi connectivity index (χ0v) is 14.1. The largest absolute Gasteiger partial charge is 0.463 e. The van der Waals surface area contributed by atoms with Gasteiger partial charge in [-0.05, 0) is 11.6 Å². The van der Waals surface area contributed by atoms with Gasteiger partial charge in [-0.1, -0.05) is 25.4 Å². The van der Waals surface area contributed by atoms with E-state index >= 15 is 0 Å². The van der Waals surface area contributed by atoms with Gasteiger partial charge in [-0.3, -0.25) is 9.36 Å². The van der Waals surface area contributed by atoms with E-state index in [4.69, 9.17) is 32.7 Å². The van der Waals surface area contributed by atoms with Crippen LogP contribution in [0.4, 0.5) is 0 Å². The van der Waals surface area contributed by atoms with E-state index in [-0.39, 0.29) is 42.1 Å². The molecule has 0 unspecified atom stereocenters. The molecule has 23 heavy (non-hydrogen) atoms. The number of hydrogen-bond donors (Lipinski definition) is 1. The Morgan fingerprint density at radius 1 is 1.35 bits per heavy atom. The summed E-state index contributed by atoms with van der Waals surface area (Å²) in [5.74, 6) is -0.518. The molecule has 0 aromatic carbocycles. The van der Waals surface area contributed by atoms with Crippen LogP contribution in [0.1, 0.15) is 20.1 Å². The Balaban J connectivity index is 2.05. The van der Waals surface area contributed by atoms with Gasteiger partial charge in [-0.15, -0.1) is 0 Å². The van der Waals surface area contributed by atoms with Crippen LogP contribution in [-0.2, 0) is 14.3 Å². The second-order valence-corrected chi connectivity index (χ2v) is 5.63. The molecule has 1 N–H and O–H groups in total. The summed E-state index contributed by atoms with van der Waals surface area (Å²) in [6, 6.07) is 0. The lowest BCUT2D eigenvalue weighted by molar-refractivity contribution is -0.150. The van der Waals surface area contributed by atoms with Gasteiger partial charge in [-0.2, -0.15) is 4.98 Å². The topological polar surface area (TPSA) is 99.4 Å². The van der Waals surface area contributed by atoms with Gasteiger partial charge in [0.05, 0.1) is 25.5 Å². The molecule has 0 aliphatic heterocycles. The molecule has 0 radical (unpaired) electrons. The van der Waals surface area contributed by atoms with E-state index in [0.717, 1.165) is 0 Å². The van der Waals surface area contributed by atoms with Crippen LogP contribution in [0.5, 0.6) is 0 Å². The molecule has 0 saturated heterocycles. The molecular formula is C13H16Cl2N4O4. The molecule has 0 aliphatic carbocycles. The minimum atomic E-state index is -0.764. The normalized spacial score (nSPS) is 12.8. The molecule has 8 nitrogen and oxygen atoms in total. The maximum absolute atomic E-state index is 11.3. The number of esters is 1. The second-order valence-electron chi connectivity index (χ2n) is 4.94. The third-order valence-electron chi connectivity index (χ3n) is 2.93. The fraction of sp³-hybridized carbons (Fsp3) is 0.538. The molecular weight excluding hydrogens is 347 g/mol. The molecule has 2 heterocycles. The van der Waals surface area contributed by atoms with E-state index in [1.807, 2.05) is 0 Å². The summed E-state index contributed by atoms with van der Waals surface area (Å²) in [7, 11) is 0. The van der Waals surface area contributed by atoms with Crippen molar-refractivity contribution in [3.05, 3.63) is 16.8 Å². The first kappa shape index (κ1) is 17.9. The van der Waals surface area contributed by atoms with Gasteiger partial charge < -0.3 is 14.6 Å². The quantitative estimate of drug-likeness (QED) is 0.347. The van der Waals surface area contributed by atoms with Crippen LogP contribution in [0.15, 0.2) is 6.33 Å². The molecule has 0 spiro atoms. The van der Waals surface area contributed by atoms with Crippen molar-refractivity contribution < 1.29 is 19.4 Å². The van der Waals surface area contributed by atoms with E-state index in [0.29, 0.717) is 11.2 Å². The summed E-state index contributed by atoms with van der Waals surface area (Å²) < 4.78 is 12.0. The third-order valence-corrected chi connectivity index (χ3v) is 3.36. The number of halogens is 2. The lowest BCUT2D eigenvalue weighted by Crippen LogP contribution is -2.21. The van der Waals surface area contributed by atoms with Crippen molar-refractivity contribution in [3.8, 4) is 0 Å². The van der Waals surface area contributed by atoms with Gasteiger partial charge in [0.15, 0.2) is 17.0 Å². The summed E-state index contributed by atoms with van der Waals surface area (Å²) in [5, 5.41) is 9.58. The zero-order valence-electron chi connectivity index (χ0n) is 12.6. The summed E-state index contributed by atoms with van der Waals surface area (Å²) in [6.45, 7) is 3.34. The highest BCUT2D eigenvalue weighted by atomic mass is 35.5. The first-order valence-corrected chi connectivity index (χ1v) is 7.64. The number of rotatable bonds is 7. The predicted octanol–water partition coefficient (Wildman–Crippen LogP) is 1.84. The number of nitrogens with zero attached hydrogens (tertiary/aromatic N) is 4. The number of aromatic nitrogens is 4. The first-order valence-electron chi connectivity index (χ1n) is 6.88. The maximum atomic E-state index is 11.3. The van der Waals surface area contributed by atoms with Crippen molar-refractivity contribution in [2.24, 2.45) is 5.92 Å². The number of ether oxygens (including phenoxy) is 2. The van der Waals surface area contributed by atoms with E-state index in [9.17, 15) is 9.90 Å². The van der Waals surface area contributed by atoms with Crippen LogP contribution in [0.2, 0.25) is 10.4 Å². The number of carbonyl (C=O) groups excluding carboxylic acids is 1. The number of carbonyl (C=O) groups is 1. The van der Waals surface area contributed by atoms with E-state index in [1.165, 1.54) is 10.9 Å². The van der Waals surface area contributed by atoms with Gasteiger partial charge in [0, 0.05) is 0 Å². The lowest BCUT2D eigenvalue weighted by atomic mass is 10.2. The highest BCUT2D eigenvalue weighted by Crippen LogP contribution is 2.23. The van der Waals surface area contributed by atoms with E-state index in [2.05, 4.69) is 15.0 Å². The maximum Gasteiger partial charge on any atom is 0.308 e. The molecule has 0 fully saturated rings. The van der Waals surface area contributed by atoms with Crippen LogP contribution in [-0.4, -0.2) is 50.4 Å². The van der Waals surface area contributed by atoms with Gasteiger partial charge in [0.25, 0.3) is 0 Å². The zero-order chi connectivity index (χ0) is 17.0. The number of aliphatic hydroxyl groups excluding tert-OH is 1. The van der Waals surface area contributed by atoms with Gasteiger partial charge >= 0.3 is 5.97 Å². The van der Waals surface area contributed by atoms with Gasteiger partial charge in [0.2, 0.25) is 5.28 Å². The number of imidazole rings is 1. The van der Waals surface area contributed by atoms with Crippen molar-refractivity contribution in [2.45, 2.75) is 20.1 Å². The lowest BCUT2D eigenvalue weighted by Gasteiger charge is -2.17. The van der Waals surface area contributed by atoms with Crippen molar-refractivity contribution in [1.82, 2.24) is 19.5 Å². The van der Waals surface area contributed by atoms with Crippen LogP contribution in [0.25, 0.3) is 11.2 Å². The molecule has 0 amide bonds. The summed E-state index contributed by atoms with van der Waals surface area (Å²) in [6.07, 6.45) is 0.655. The molecule has 10 heteroatoms. The van der Waals surface area contributed by atoms with Crippen LogP contribution in [0, 0.1) is 5.92 Å². The number of fused-ring (bicyclic) bond motifs is 1. The molecule has 0 aliphatic rings. The molecule has 2 rings (SSSR count). The van der Waals surface area contributed by atoms with E-state index in [1.54, 1.807) is 13.8 Å². The van der Waals surface area contributed by atoms with Crippen molar-refractivity contribution in [2.75, 3.05) is 19.8 Å². The Bertz CT molecular complexity index is 692. The van der Waals surface area contributed by atoms with Crippen LogP contribution in [0.3, 0.4) is 0 Å². The first-order chi connectivity index (χ1) is 10.9. The fourth-order valence-electron chi connectivity index (χ4n) is 1.78. The van der Waals surface area contributed by atoms with Gasteiger partial charge in [-0.25, -0.2) is 9.97 Å². The molecule has 1 atom stereocenters. The number of hydrogen-bond acceptors (Lipinski definition) is 7. The molecule has 0 saturated carbocycles. The minimum Gasteiger partial charge on any atom is -0.463 e. The Kier molecular flexibility index (Phi) is 6.11. The monoisotopic (exact) mass is 362 g/mol. The smallest absolute Gasteiger partial charge is 0.308 e. The average Bonchev–Trinajstić information content (AvgIpc) is 2.91. The van der Waals surface area contributed by atoms with Crippen molar-refractivity contribution in [1.29, 1.82) is 0 Å². The standard InChI is InChI=1S/C13H16Cl2N4O4/c1-7(2)12(21)23-4-3-22-8(5-20)19-6-16-9-10(14)17-13(15)18-11(9)19/h6-8,20H,3-5H2,1-2H3/t8-/m1/s1. The third kappa shape index (κ3) is 4.29. The molecule has 2 aromatic rings. The van der Waals surface area contributed by atoms with Gasteiger partial charge in [0.1, 0.15) is 12.1 Å². The van der Waals surface area contributed by atoms with Crippen LogP contribution < -0.4 is 0 Å². The average molecular weight is 363 g/mol. The highest BCUT2D eigenvalue weighted by Gasteiger charge is 2.18. The Morgan fingerprint density at radius 3 is 2.74 bits per heavy atom. The Morgan fingerprint density at radius 2 is 2.09 bits per heavy atom. The van der Waals surface area contributed by atoms with Crippen LogP contribution >= 0.6 is 23.2 Å². The molecule has 0 bridgehead atoms. The van der Waals surface area contributed by atoms with Crippen molar-refractivity contribution >= 4 is 40.3 Å². The Labute approximate surface area is 142 Å². The fourth-order valence-corrected chi connectivity index (χ4v) is 2.20. The Hall–Kier alpha value is -1.48. The number of aliphatic hydroxyl groups is 1. The van der Waals surface area contributed by atoms with Crippen molar-refractivity contribution in [3.63, 3.8) is 0 Å². The predicted molar refractivity (Wildman–Crippen MR) is 83.2 cm³/mol. The molecule has 126 valence electrons. The summed E-state index contributed by atoms with van der Waals surface area (Å²) in [4.78, 5) is 23.3. The molecule has 2 aromatic heterocycles. The minimum absolute atomic E-state index is 0.0354. The highest BCUT2D eigenvalue weighted by molar-refractivity contribution is 6.35. The SMILES string of the molecule is CC(C)C(=O)OCCO[C@H](CO)n1cnc2c(Cl)nc(Cl)nc21. The van der Waals surface area contributed by atoms with E-state index < -0.39 is 6.23 Å².